The lowest BCUT2D eigenvalue weighted by atomic mass is 9.97. The van der Waals surface area contributed by atoms with Gasteiger partial charge in [-0.1, -0.05) is 6.92 Å². The first kappa shape index (κ1) is 16.5. The van der Waals surface area contributed by atoms with Crippen LogP contribution < -0.4 is 5.32 Å². The molecule has 0 bridgehead atoms. The van der Waals surface area contributed by atoms with Gasteiger partial charge >= 0.3 is 0 Å². The average molecular weight is 342 g/mol. The Balaban J connectivity index is 2.61. The van der Waals surface area contributed by atoms with Crippen molar-refractivity contribution in [2.75, 3.05) is 0 Å². The van der Waals surface area contributed by atoms with Crippen LogP contribution in [0.15, 0.2) is 27.8 Å². The zero-order valence-corrected chi connectivity index (χ0v) is 14.2. The van der Waals surface area contributed by atoms with Crippen LogP contribution in [0.5, 0.6) is 0 Å². The topological polar surface area (TPSA) is 48.7 Å². The van der Waals surface area contributed by atoms with Gasteiger partial charge in [0.05, 0.1) is 11.1 Å². The smallest absolute Gasteiger partial charge is 0.105 e. The second kappa shape index (κ2) is 7.28. The summed E-state index contributed by atoms with van der Waals surface area (Å²) in [6.45, 7) is 8.21. The summed E-state index contributed by atoms with van der Waals surface area (Å²) in [5.41, 5.74) is -0.490. The Morgan fingerprint density at radius 2 is 2.16 bits per heavy atom. The summed E-state index contributed by atoms with van der Waals surface area (Å²) in [7, 11) is 0. The highest BCUT2D eigenvalue weighted by Gasteiger charge is 2.27. The van der Waals surface area contributed by atoms with E-state index in [0.29, 0.717) is 11.3 Å². The Kier molecular flexibility index (Phi) is 6.31. The van der Waals surface area contributed by atoms with Crippen molar-refractivity contribution in [3.63, 3.8) is 0 Å². The molecule has 0 amide bonds. The minimum absolute atomic E-state index is 0.299. The van der Waals surface area contributed by atoms with Crippen molar-refractivity contribution < 1.29 is 0 Å². The van der Waals surface area contributed by atoms with Gasteiger partial charge in [-0.05, 0) is 55.3 Å². The molecule has 5 heteroatoms. The number of hydrogen-bond acceptors (Lipinski definition) is 4. The van der Waals surface area contributed by atoms with Crippen LogP contribution in [0.4, 0.5) is 0 Å². The fourth-order valence-corrected chi connectivity index (χ4v) is 3.35. The molecule has 2 atom stereocenters. The number of thioether (sulfide) groups is 1. The van der Waals surface area contributed by atoms with Gasteiger partial charge in [0.15, 0.2) is 0 Å². The van der Waals surface area contributed by atoms with Gasteiger partial charge in [0.1, 0.15) is 5.54 Å². The molecule has 1 aromatic heterocycles. The lowest BCUT2D eigenvalue weighted by molar-refractivity contribution is 0.382. The van der Waals surface area contributed by atoms with E-state index in [1.54, 1.807) is 18.0 Å². The molecular formula is C14H20BrN3S. The third-order valence-corrected chi connectivity index (χ3v) is 4.09. The number of nitriles is 1. The van der Waals surface area contributed by atoms with E-state index < -0.39 is 5.54 Å². The van der Waals surface area contributed by atoms with E-state index >= 15 is 0 Å². The van der Waals surface area contributed by atoms with Gasteiger partial charge < -0.3 is 0 Å². The van der Waals surface area contributed by atoms with E-state index in [2.05, 4.69) is 53.1 Å². The summed E-state index contributed by atoms with van der Waals surface area (Å²) in [6, 6.07) is 6.66. The van der Waals surface area contributed by atoms with Crippen molar-refractivity contribution in [1.82, 2.24) is 10.3 Å². The van der Waals surface area contributed by atoms with E-state index in [9.17, 15) is 5.26 Å². The van der Waals surface area contributed by atoms with Crippen LogP contribution in [0.1, 0.15) is 34.1 Å². The molecule has 0 aliphatic rings. The maximum Gasteiger partial charge on any atom is 0.105 e. The van der Waals surface area contributed by atoms with Gasteiger partial charge in [0.2, 0.25) is 0 Å². The normalized spacial score (nSPS) is 15.8. The van der Waals surface area contributed by atoms with Crippen molar-refractivity contribution in [2.24, 2.45) is 0 Å². The van der Waals surface area contributed by atoms with Crippen LogP contribution in [-0.2, 0) is 0 Å². The highest BCUT2D eigenvalue weighted by Crippen LogP contribution is 2.28. The van der Waals surface area contributed by atoms with E-state index in [4.69, 9.17) is 0 Å². The lowest BCUT2D eigenvalue weighted by Gasteiger charge is -2.28. The highest BCUT2D eigenvalue weighted by atomic mass is 79.9. The predicted molar refractivity (Wildman–Crippen MR) is 84.2 cm³/mol. The van der Waals surface area contributed by atoms with E-state index in [-0.39, 0.29) is 0 Å². The fraction of sp³-hybridized carbons (Fsp3) is 0.571. The summed E-state index contributed by atoms with van der Waals surface area (Å²) in [5.74, 6) is 0. The third kappa shape index (κ3) is 5.94. The van der Waals surface area contributed by atoms with Crippen LogP contribution >= 0.6 is 27.7 Å². The fourth-order valence-electron chi connectivity index (χ4n) is 2.03. The molecule has 0 fully saturated rings. The summed E-state index contributed by atoms with van der Waals surface area (Å²) in [5, 5.41) is 14.0. The lowest BCUT2D eigenvalue weighted by Crippen LogP contribution is -2.46. The molecule has 3 nitrogen and oxygen atoms in total. The van der Waals surface area contributed by atoms with Crippen LogP contribution in [0.3, 0.4) is 0 Å². The first-order valence-electron chi connectivity index (χ1n) is 6.32. The van der Waals surface area contributed by atoms with Crippen LogP contribution in [0, 0.1) is 11.3 Å². The first-order chi connectivity index (χ1) is 8.84. The van der Waals surface area contributed by atoms with Gasteiger partial charge in [-0.2, -0.15) is 5.26 Å². The van der Waals surface area contributed by atoms with E-state index in [1.165, 1.54) is 0 Å². The maximum atomic E-state index is 9.34. The largest absolute Gasteiger partial charge is 0.297 e. The quantitative estimate of drug-likeness (QED) is 0.794. The van der Waals surface area contributed by atoms with Gasteiger partial charge in [-0.3, -0.25) is 5.32 Å². The van der Waals surface area contributed by atoms with Crippen molar-refractivity contribution in [1.29, 1.82) is 5.26 Å². The minimum Gasteiger partial charge on any atom is -0.297 e. The van der Waals surface area contributed by atoms with Gasteiger partial charge in [0.25, 0.3) is 0 Å². The number of nitrogens with zero attached hydrogens (tertiary/aromatic N) is 2. The second-order valence-corrected chi connectivity index (χ2v) is 7.56. The predicted octanol–water partition coefficient (Wildman–Crippen LogP) is 4.00. The van der Waals surface area contributed by atoms with E-state index in [0.717, 1.165) is 15.9 Å². The molecular weight excluding hydrogens is 322 g/mol. The van der Waals surface area contributed by atoms with Crippen molar-refractivity contribution in [2.45, 2.75) is 56.0 Å². The number of nitrogens with one attached hydrogen (secondary N) is 1. The number of pyridine rings is 1. The standard InChI is InChI=1S/C14H20BrN3S/c1-10(2)18-14(4,9-16)7-11(3)19-13-6-5-12(15)8-17-13/h5-6,8,10-11,18H,7H2,1-4H3. The summed E-state index contributed by atoms with van der Waals surface area (Å²) >= 11 is 5.07. The Bertz CT molecular complexity index is 441. The maximum absolute atomic E-state index is 9.34. The van der Waals surface area contributed by atoms with Crippen LogP contribution in [0.25, 0.3) is 0 Å². The Morgan fingerprint density at radius 3 is 2.63 bits per heavy atom. The zero-order valence-electron chi connectivity index (χ0n) is 11.8. The zero-order chi connectivity index (χ0) is 14.5. The molecule has 1 N–H and O–H groups in total. The first-order valence-corrected chi connectivity index (χ1v) is 7.99. The molecule has 2 unspecified atom stereocenters. The van der Waals surface area contributed by atoms with Crippen molar-refractivity contribution in [3.05, 3.63) is 22.8 Å². The molecule has 104 valence electrons. The Labute approximate surface area is 128 Å². The minimum atomic E-state index is -0.490. The molecule has 0 saturated carbocycles. The molecule has 0 saturated heterocycles. The molecule has 0 aliphatic heterocycles. The van der Waals surface area contributed by atoms with Gasteiger partial charge in [-0.25, -0.2) is 4.98 Å². The Hall–Kier alpha value is -0.570. The number of hydrogen-bond donors (Lipinski definition) is 1. The summed E-state index contributed by atoms with van der Waals surface area (Å²) in [4.78, 5) is 4.35. The summed E-state index contributed by atoms with van der Waals surface area (Å²) in [6.07, 6.45) is 2.58. The number of aromatic nitrogens is 1. The van der Waals surface area contributed by atoms with Gasteiger partial charge in [0, 0.05) is 22.0 Å². The summed E-state index contributed by atoms with van der Waals surface area (Å²) < 4.78 is 0.979. The third-order valence-electron chi connectivity index (χ3n) is 2.57. The van der Waals surface area contributed by atoms with Crippen molar-refractivity contribution in [3.8, 4) is 6.07 Å². The average Bonchev–Trinajstić information content (AvgIpc) is 2.31. The van der Waals surface area contributed by atoms with E-state index in [1.807, 2.05) is 19.1 Å². The molecule has 1 aromatic rings. The highest BCUT2D eigenvalue weighted by molar-refractivity contribution is 9.10. The SMILES string of the molecule is CC(C)NC(C)(C#N)CC(C)Sc1ccc(Br)cn1. The molecule has 0 aromatic carbocycles. The molecule has 19 heavy (non-hydrogen) atoms. The van der Waals surface area contributed by atoms with Crippen LogP contribution in [-0.4, -0.2) is 21.8 Å². The molecule has 1 rings (SSSR count). The molecule has 1 heterocycles. The number of halogens is 1. The monoisotopic (exact) mass is 341 g/mol. The van der Waals surface area contributed by atoms with Gasteiger partial charge in [-0.15, -0.1) is 11.8 Å². The molecule has 0 radical (unpaired) electrons. The molecule has 0 aliphatic carbocycles. The number of rotatable bonds is 6. The van der Waals surface area contributed by atoms with Crippen molar-refractivity contribution >= 4 is 27.7 Å². The Morgan fingerprint density at radius 1 is 1.47 bits per heavy atom. The molecule has 0 spiro atoms. The second-order valence-electron chi connectivity index (χ2n) is 5.19. The van der Waals surface area contributed by atoms with Crippen LogP contribution in [0.2, 0.25) is 0 Å².